The Bertz CT molecular complexity index is 1130. The number of nitrogens with one attached hydrogen (secondary N) is 1. The van der Waals surface area contributed by atoms with Gasteiger partial charge in [-0.05, 0) is 42.0 Å². The number of amides is 1. The Morgan fingerprint density at radius 3 is 2.52 bits per heavy atom. The van der Waals surface area contributed by atoms with E-state index >= 15 is 0 Å². The van der Waals surface area contributed by atoms with Gasteiger partial charge >= 0.3 is 0 Å². The van der Waals surface area contributed by atoms with Crippen LogP contribution in [0, 0.1) is 11.3 Å². The van der Waals surface area contributed by atoms with Crippen LogP contribution in [0.3, 0.4) is 0 Å². The van der Waals surface area contributed by atoms with Gasteiger partial charge in [-0.3, -0.25) is 14.5 Å². The average Bonchev–Trinajstić information content (AvgIpc) is 3.15. The van der Waals surface area contributed by atoms with Gasteiger partial charge in [-0.15, -0.1) is 0 Å². The molecule has 9 nitrogen and oxygen atoms in total. The molecule has 0 saturated carbocycles. The highest BCUT2D eigenvalue weighted by Gasteiger charge is 2.23. The molecule has 0 radical (unpaired) electrons. The molecule has 0 atom stereocenters. The molecule has 10 heteroatoms. The topological polar surface area (TPSA) is 121 Å². The van der Waals surface area contributed by atoms with E-state index in [4.69, 9.17) is 5.26 Å². The van der Waals surface area contributed by atoms with Crippen molar-refractivity contribution >= 4 is 21.7 Å². The molecule has 148 valence electrons. The van der Waals surface area contributed by atoms with Crippen LogP contribution in [-0.2, 0) is 21.4 Å². The zero-order chi connectivity index (χ0) is 20.9. The van der Waals surface area contributed by atoms with Crippen molar-refractivity contribution in [3.05, 3.63) is 72.2 Å². The predicted octanol–water partition coefficient (Wildman–Crippen LogP) is 1.46. The zero-order valence-corrected chi connectivity index (χ0v) is 16.4. The highest BCUT2D eigenvalue weighted by Crippen LogP contribution is 2.15. The molecule has 0 bridgehead atoms. The Labute approximate surface area is 168 Å². The Balaban J connectivity index is 1.60. The maximum Gasteiger partial charge on any atom is 0.243 e. The number of pyridine rings is 1. The summed E-state index contributed by atoms with van der Waals surface area (Å²) in [6, 6.07) is 12.8. The quantitative estimate of drug-likeness (QED) is 0.629. The fourth-order valence-electron chi connectivity index (χ4n) is 2.54. The average molecular weight is 410 g/mol. The molecular formula is C19H18N6O3S. The molecule has 3 rings (SSSR count). The highest BCUT2D eigenvalue weighted by atomic mass is 32.2. The number of anilines is 1. The largest absolute Gasteiger partial charge is 0.308 e. The molecule has 0 spiro atoms. The van der Waals surface area contributed by atoms with Crippen molar-refractivity contribution in [2.45, 2.75) is 11.4 Å². The summed E-state index contributed by atoms with van der Waals surface area (Å²) in [7, 11) is -2.54. The zero-order valence-electron chi connectivity index (χ0n) is 15.6. The lowest BCUT2D eigenvalue weighted by Crippen LogP contribution is -2.35. The van der Waals surface area contributed by atoms with Crippen LogP contribution >= 0.6 is 0 Å². The van der Waals surface area contributed by atoms with E-state index in [2.05, 4.69) is 15.4 Å². The van der Waals surface area contributed by atoms with Crippen molar-refractivity contribution in [1.82, 2.24) is 19.1 Å². The van der Waals surface area contributed by atoms with Crippen LogP contribution in [0.5, 0.6) is 0 Å². The molecule has 1 aromatic carbocycles. The first-order chi connectivity index (χ1) is 13.9. The first-order valence-corrected chi connectivity index (χ1v) is 10.0. The Kier molecular flexibility index (Phi) is 6.01. The maximum absolute atomic E-state index is 12.6. The number of carbonyl (C=O) groups is 1. The number of nitrogens with zero attached hydrogens (tertiary/aromatic N) is 5. The van der Waals surface area contributed by atoms with E-state index in [-0.39, 0.29) is 11.4 Å². The number of nitriles is 1. The molecule has 3 aromatic rings. The molecule has 0 saturated heterocycles. The summed E-state index contributed by atoms with van der Waals surface area (Å²) in [6.07, 6.45) is 5.09. The summed E-state index contributed by atoms with van der Waals surface area (Å²) >= 11 is 0. The molecule has 0 unspecified atom stereocenters. The molecular weight excluding hydrogens is 392 g/mol. The van der Waals surface area contributed by atoms with Gasteiger partial charge in [-0.1, -0.05) is 0 Å². The fraction of sp³-hybridized carbons (Fsp3) is 0.158. The molecule has 0 aliphatic carbocycles. The van der Waals surface area contributed by atoms with Crippen LogP contribution in [0.1, 0.15) is 11.1 Å². The van der Waals surface area contributed by atoms with Crippen LogP contribution in [0.2, 0.25) is 0 Å². The minimum absolute atomic E-state index is 0.00780. The standard InChI is InChI=1S/C19H18N6O3S/c1-24(29(27,28)17-4-2-15(12-20)3-5-17)14-19(26)22-18-8-11-25(23-18)13-16-6-9-21-10-7-16/h2-11H,13-14H2,1H3,(H,22,23,26). The lowest BCUT2D eigenvalue weighted by atomic mass is 10.2. The lowest BCUT2D eigenvalue weighted by Gasteiger charge is -2.16. The van der Waals surface area contributed by atoms with Crippen molar-refractivity contribution in [1.29, 1.82) is 5.26 Å². The van der Waals surface area contributed by atoms with E-state index in [0.29, 0.717) is 17.9 Å². The number of aromatic nitrogens is 3. The van der Waals surface area contributed by atoms with Gasteiger partial charge in [0, 0.05) is 31.7 Å². The summed E-state index contributed by atoms with van der Waals surface area (Å²) in [5.74, 6) is -0.188. The van der Waals surface area contributed by atoms with Gasteiger partial charge in [0.15, 0.2) is 5.82 Å². The van der Waals surface area contributed by atoms with Crippen molar-refractivity contribution < 1.29 is 13.2 Å². The van der Waals surface area contributed by atoms with Crippen molar-refractivity contribution in [2.24, 2.45) is 0 Å². The molecule has 2 heterocycles. The number of likely N-dealkylation sites (N-methyl/N-ethyl adjacent to an activating group) is 1. The smallest absolute Gasteiger partial charge is 0.243 e. The Morgan fingerprint density at radius 1 is 1.17 bits per heavy atom. The minimum Gasteiger partial charge on any atom is -0.308 e. The third-order valence-corrected chi connectivity index (χ3v) is 5.88. The van der Waals surface area contributed by atoms with Crippen molar-refractivity contribution in [3.63, 3.8) is 0 Å². The van der Waals surface area contributed by atoms with Gasteiger partial charge in [0.05, 0.1) is 29.6 Å². The van der Waals surface area contributed by atoms with E-state index in [1.54, 1.807) is 29.3 Å². The van der Waals surface area contributed by atoms with Crippen LogP contribution in [0.15, 0.2) is 66.0 Å². The molecule has 29 heavy (non-hydrogen) atoms. The van der Waals surface area contributed by atoms with Gasteiger partial charge in [-0.2, -0.15) is 14.7 Å². The second kappa shape index (κ2) is 8.64. The molecule has 0 fully saturated rings. The molecule has 0 aliphatic rings. The fourth-order valence-corrected chi connectivity index (χ4v) is 3.67. The van der Waals surface area contributed by atoms with E-state index in [1.165, 1.54) is 31.3 Å². The second-order valence-corrected chi connectivity index (χ2v) is 8.24. The monoisotopic (exact) mass is 410 g/mol. The van der Waals surface area contributed by atoms with Crippen LogP contribution < -0.4 is 5.32 Å². The highest BCUT2D eigenvalue weighted by molar-refractivity contribution is 7.89. The normalized spacial score (nSPS) is 11.2. The van der Waals surface area contributed by atoms with E-state index < -0.39 is 15.9 Å². The maximum atomic E-state index is 12.6. The van der Waals surface area contributed by atoms with E-state index in [9.17, 15) is 13.2 Å². The van der Waals surface area contributed by atoms with E-state index in [1.807, 2.05) is 18.2 Å². The van der Waals surface area contributed by atoms with Crippen LogP contribution in [0.25, 0.3) is 0 Å². The number of rotatable bonds is 7. The number of sulfonamides is 1. The summed E-state index contributed by atoms with van der Waals surface area (Å²) in [5.41, 5.74) is 1.36. The van der Waals surface area contributed by atoms with Gasteiger partial charge in [-0.25, -0.2) is 8.42 Å². The van der Waals surface area contributed by atoms with Gasteiger partial charge in [0.25, 0.3) is 0 Å². The molecule has 0 aliphatic heterocycles. The van der Waals surface area contributed by atoms with Gasteiger partial charge < -0.3 is 5.32 Å². The van der Waals surface area contributed by atoms with Crippen LogP contribution in [-0.4, -0.2) is 47.0 Å². The van der Waals surface area contributed by atoms with Crippen LogP contribution in [0.4, 0.5) is 5.82 Å². The summed E-state index contributed by atoms with van der Waals surface area (Å²) < 4.78 is 27.7. The number of hydrogen-bond acceptors (Lipinski definition) is 6. The number of benzene rings is 1. The third-order valence-electron chi connectivity index (χ3n) is 4.06. The summed E-state index contributed by atoms with van der Waals surface area (Å²) in [5, 5.41) is 15.7. The first-order valence-electron chi connectivity index (χ1n) is 8.57. The second-order valence-electron chi connectivity index (χ2n) is 6.20. The van der Waals surface area contributed by atoms with Gasteiger partial charge in [0.1, 0.15) is 0 Å². The Morgan fingerprint density at radius 2 is 1.86 bits per heavy atom. The molecule has 1 amide bonds. The van der Waals surface area contributed by atoms with Gasteiger partial charge in [0.2, 0.25) is 15.9 Å². The molecule has 2 aromatic heterocycles. The number of carbonyl (C=O) groups excluding carboxylic acids is 1. The number of hydrogen-bond donors (Lipinski definition) is 1. The Hall–Kier alpha value is -3.55. The summed E-state index contributed by atoms with van der Waals surface area (Å²) in [6.45, 7) is 0.144. The predicted molar refractivity (Wildman–Crippen MR) is 105 cm³/mol. The lowest BCUT2D eigenvalue weighted by molar-refractivity contribution is -0.116. The first kappa shape index (κ1) is 20.2. The van der Waals surface area contributed by atoms with Crippen molar-refractivity contribution in [3.8, 4) is 6.07 Å². The van der Waals surface area contributed by atoms with Crippen molar-refractivity contribution in [2.75, 3.05) is 18.9 Å². The minimum atomic E-state index is -3.86. The molecule has 1 N–H and O–H groups in total. The SMILES string of the molecule is CN(CC(=O)Nc1ccn(Cc2ccncc2)n1)S(=O)(=O)c1ccc(C#N)cc1. The summed E-state index contributed by atoms with van der Waals surface area (Å²) in [4.78, 5) is 16.2. The third kappa shape index (κ3) is 5.04. The van der Waals surface area contributed by atoms with E-state index in [0.717, 1.165) is 9.87 Å².